The van der Waals surface area contributed by atoms with Crippen LogP contribution < -0.4 is 4.90 Å². The van der Waals surface area contributed by atoms with Crippen LogP contribution in [0.3, 0.4) is 0 Å². The lowest BCUT2D eigenvalue weighted by Crippen LogP contribution is -2.47. The first kappa shape index (κ1) is 12.4. The Morgan fingerprint density at radius 1 is 1.00 bits per heavy atom. The zero-order valence-corrected chi connectivity index (χ0v) is 12.1. The molecule has 0 bridgehead atoms. The van der Waals surface area contributed by atoms with Crippen LogP contribution in [0.2, 0.25) is 5.28 Å². The van der Waals surface area contributed by atoms with Crippen LogP contribution in [0.15, 0.2) is 24.3 Å². The monoisotopic (exact) mass is 288 g/mol. The van der Waals surface area contributed by atoms with Crippen LogP contribution in [0, 0.1) is 0 Å². The Hall–Kier alpha value is -1.39. The van der Waals surface area contributed by atoms with Crippen molar-refractivity contribution in [2.45, 2.75) is 18.9 Å². The highest BCUT2D eigenvalue weighted by molar-refractivity contribution is 6.28. The first-order chi connectivity index (χ1) is 9.81. The fourth-order valence-corrected chi connectivity index (χ4v) is 3.18. The molecule has 2 aromatic rings. The summed E-state index contributed by atoms with van der Waals surface area (Å²) in [5.74, 6) is 0.982. The maximum Gasteiger partial charge on any atom is 0.224 e. The van der Waals surface area contributed by atoms with Crippen LogP contribution in [-0.4, -0.2) is 47.1 Å². The van der Waals surface area contributed by atoms with Crippen molar-refractivity contribution in [2.75, 3.05) is 31.1 Å². The van der Waals surface area contributed by atoms with E-state index in [9.17, 15) is 0 Å². The van der Waals surface area contributed by atoms with Crippen LogP contribution in [0.1, 0.15) is 12.8 Å². The highest BCUT2D eigenvalue weighted by Gasteiger charge is 2.31. The number of hydrogen-bond donors (Lipinski definition) is 0. The Kier molecular flexibility index (Phi) is 3.00. The Balaban J connectivity index is 1.64. The highest BCUT2D eigenvalue weighted by atomic mass is 35.5. The summed E-state index contributed by atoms with van der Waals surface area (Å²) in [5.41, 5.74) is 0.923. The molecule has 0 amide bonds. The SMILES string of the molecule is Clc1nc(N2CCN(C3CC3)CC2)c2ccccc2n1. The number of rotatable bonds is 2. The van der Waals surface area contributed by atoms with Gasteiger partial charge in [0.25, 0.3) is 0 Å². The molecule has 5 heteroatoms. The van der Waals surface area contributed by atoms with E-state index < -0.39 is 0 Å². The average Bonchev–Trinajstić information content (AvgIpc) is 3.31. The average molecular weight is 289 g/mol. The second kappa shape index (κ2) is 4.86. The van der Waals surface area contributed by atoms with E-state index in [1.54, 1.807) is 0 Å². The van der Waals surface area contributed by atoms with E-state index in [1.807, 2.05) is 18.2 Å². The molecule has 4 rings (SSSR count). The molecule has 1 aromatic heterocycles. The minimum atomic E-state index is 0.336. The van der Waals surface area contributed by atoms with Gasteiger partial charge in [-0.1, -0.05) is 12.1 Å². The molecule has 2 fully saturated rings. The van der Waals surface area contributed by atoms with Gasteiger partial charge in [0.15, 0.2) is 0 Å². The van der Waals surface area contributed by atoms with Crippen molar-refractivity contribution in [2.24, 2.45) is 0 Å². The van der Waals surface area contributed by atoms with Crippen LogP contribution in [0.4, 0.5) is 5.82 Å². The van der Waals surface area contributed by atoms with Gasteiger partial charge in [-0.2, -0.15) is 4.98 Å². The maximum absolute atomic E-state index is 6.07. The largest absolute Gasteiger partial charge is 0.353 e. The Bertz CT molecular complexity index is 633. The number of hydrogen-bond acceptors (Lipinski definition) is 4. The van der Waals surface area contributed by atoms with E-state index in [2.05, 4.69) is 25.8 Å². The summed E-state index contributed by atoms with van der Waals surface area (Å²) >= 11 is 6.07. The van der Waals surface area contributed by atoms with E-state index in [0.717, 1.165) is 48.9 Å². The van der Waals surface area contributed by atoms with Gasteiger partial charge in [0.1, 0.15) is 5.82 Å². The summed E-state index contributed by atoms with van der Waals surface area (Å²) in [7, 11) is 0. The van der Waals surface area contributed by atoms with E-state index in [1.165, 1.54) is 12.8 Å². The second-order valence-electron chi connectivity index (χ2n) is 5.59. The molecule has 1 aromatic carbocycles. The summed E-state index contributed by atoms with van der Waals surface area (Å²) < 4.78 is 0. The molecule has 0 unspecified atom stereocenters. The fourth-order valence-electron chi connectivity index (χ4n) is 3.01. The molecule has 0 N–H and O–H groups in total. The maximum atomic E-state index is 6.07. The van der Waals surface area contributed by atoms with Gasteiger partial charge in [0.2, 0.25) is 5.28 Å². The standard InChI is InChI=1S/C15H17ClN4/c16-15-17-13-4-2-1-3-12(13)14(18-15)20-9-7-19(8-10-20)11-5-6-11/h1-4,11H,5-10H2. The summed E-state index contributed by atoms with van der Waals surface area (Å²) in [6, 6.07) is 8.94. The van der Waals surface area contributed by atoms with Crippen LogP contribution >= 0.6 is 11.6 Å². The van der Waals surface area contributed by atoms with Gasteiger partial charge < -0.3 is 4.90 Å². The summed E-state index contributed by atoms with van der Waals surface area (Å²) in [6.45, 7) is 4.29. The van der Waals surface area contributed by atoms with Crippen molar-refractivity contribution in [1.82, 2.24) is 14.9 Å². The smallest absolute Gasteiger partial charge is 0.224 e. The van der Waals surface area contributed by atoms with Crippen LogP contribution in [-0.2, 0) is 0 Å². The number of para-hydroxylation sites is 1. The molecule has 0 spiro atoms. The highest BCUT2D eigenvalue weighted by Crippen LogP contribution is 2.30. The predicted octanol–water partition coefficient (Wildman–Crippen LogP) is 2.57. The van der Waals surface area contributed by atoms with Gasteiger partial charge in [0.05, 0.1) is 5.52 Å². The molecular weight excluding hydrogens is 272 g/mol. The minimum absolute atomic E-state index is 0.336. The van der Waals surface area contributed by atoms with Crippen molar-refractivity contribution in [1.29, 1.82) is 0 Å². The molecule has 2 heterocycles. The summed E-state index contributed by atoms with van der Waals surface area (Å²) in [5, 5.41) is 1.43. The predicted molar refractivity (Wildman–Crippen MR) is 81.4 cm³/mol. The van der Waals surface area contributed by atoms with Crippen LogP contribution in [0.5, 0.6) is 0 Å². The molecule has 4 nitrogen and oxygen atoms in total. The lowest BCUT2D eigenvalue weighted by molar-refractivity contribution is 0.248. The van der Waals surface area contributed by atoms with E-state index >= 15 is 0 Å². The summed E-state index contributed by atoms with van der Waals surface area (Å²) in [4.78, 5) is 13.7. The van der Waals surface area contributed by atoms with Gasteiger partial charge in [0, 0.05) is 37.6 Å². The number of halogens is 1. The van der Waals surface area contributed by atoms with Gasteiger partial charge in [-0.3, -0.25) is 4.90 Å². The molecule has 20 heavy (non-hydrogen) atoms. The van der Waals surface area contributed by atoms with Crippen LogP contribution in [0.25, 0.3) is 10.9 Å². The Labute approximate surface area is 123 Å². The number of aromatic nitrogens is 2. The molecular formula is C15H17ClN4. The molecule has 1 aliphatic heterocycles. The first-order valence-corrected chi connectivity index (χ1v) is 7.60. The second-order valence-corrected chi connectivity index (χ2v) is 5.93. The molecule has 0 radical (unpaired) electrons. The molecule has 1 aliphatic carbocycles. The van der Waals surface area contributed by atoms with Gasteiger partial charge >= 0.3 is 0 Å². The third-order valence-electron chi connectivity index (χ3n) is 4.23. The number of anilines is 1. The Morgan fingerprint density at radius 2 is 1.75 bits per heavy atom. The topological polar surface area (TPSA) is 32.3 Å². The molecule has 1 saturated carbocycles. The number of fused-ring (bicyclic) bond motifs is 1. The normalized spacial score (nSPS) is 20.6. The lowest BCUT2D eigenvalue weighted by Gasteiger charge is -2.35. The van der Waals surface area contributed by atoms with Gasteiger partial charge in [-0.15, -0.1) is 0 Å². The quantitative estimate of drug-likeness (QED) is 0.795. The fraction of sp³-hybridized carbons (Fsp3) is 0.467. The number of nitrogens with zero attached hydrogens (tertiary/aromatic N) is 4. The summed E-state index contributed by atoms with van der Waals surface area (Å²) in [6.07, 6.45) is 2.75. The third-order valence-corrected chi connectivity index (χ3v) is 4.40. The zero-order valence-electron chi connectivity index (χ0n) is 11.3. The van der Waals surface area contributed by atoms with E-state index in [-0.39, 0.29) is 0 Å². The minimum Gasteiger partial charge on any atom is -0.353 e. The van der Waals surface area contributed by atoms with Gasteiger partial charge in [-0.25, -0.2) is 4.98 Å². The lowest BCUT2D eigenvalue weighted by atomic mass is 10.2. The molecule has 2 aliphatic rings. The number of benzene rings is 1. The number of piperazine rings is 1. The first-order valence-electron chi connectivity index (χ1n) is 7.22. The molecule has 0 atom stereocenters. The third kappa shape index (κ3) is 2.23. The van der Waals surface area contributed by atoms with Crippen molar-refractivity contribution in [3.63, 3.8) is 0 Å². The van der Waals surface area contributed by atoms with E-state index in [0.29, 0.717) is 5.28 Å². The van der Waals surface area contributed by atoms with E-state index in [4.69, 9.17) is 11.6 Å². The Morgan fingerprint density at radius 3 is 2.50 bits per heavy atom. The van der Waals surface area contributed by atoms with Crippen molar-refractivity contribution in [3.8, 4) is 0 Å². The molecule has 104 valence electrons. The van der Waals surface area contributed by atoms with Crippen molar-refractivity contribution >= 4 is 28.3 Å². The zero-order chi connectivity index (χ0) is 13.5. The van der Waals surface area contributed by atoms with Crippen molar-refractivity contribution in [3.05, 3.63) is 29.5 Å². The van der Waals surface area contributed by atoms with Gasteiger partial charge in [-0.05, 0) is 36.6 Å². The molecule has 1 saturated heterocycles. The van der Waals surface area contributed by atoms with Crippen molar-refractivity contribution < 1.29 is 0 Å².